The molecule has 0 fully saturated rings. The van der Waals surface area contributed by atoms with Crippen LogP contribution in [0.5, 0.6) is 5.75 Å². The lowest BCUT2D eigenvalue weighted by Gasteiger charge is -2.10. The van der Waals surface area contributed by atoms with Crippen LogP contribution in [0.3, 0.4) is 0 Å². The summed E-state index contributed by atoms with van der Waals surface area (Å²) in [4.78, 5) is 12.1. The normalized spacial score (nSPS) is 11.1. The van der Waals surface area contributed by atoms with E-state index >= 15 is 0 Å². The molecule has 0 unspecified atom stereocenters. The number of rotatable bonds is 6. The molecule has 0 aliphatic carbocycles. The van der Waals surface area contributed by atoms with Crippen molar-refractivity contribution < 1.29 is 9.15 Å². The average molecular weight is 429 g/mol. The fourth-order valence-electron chi connectivity index (χ4n) is 3.05. The van der Waals surface area contributed by atoms with E-state index in [0.717, 1.165) is 28.6 Å². The summed E-state index contributed by atoms with van der Waals surface area (Å²) in [5.41, 5.74) is 2.60. The topological polar surface area (TPSA) is 83.0 Å². The quantitative estimate of drug-likeness (QED) is 0.334. The first-order chi connectivity index (χ1) is 14.1. The third-order valence-corrected chi connectivity index (χ3v) is 5.81. The van der Waals surface area contributed by atoms with E-state index in [0.29, 0.717) is 27.3 Å². The first-order valence-corrected chi connectivity index (χ1v) is 10.3. The van der Waals surface area contributed by atoms with Gasteiger partial charge in [0.25, 0.3) is 0 Å². The van der Waals surface area contributed by atoms with Gasteiger partial charge in [-0.15, -0.1) is 5.10 Å². The van der Waals surface area contributed by atoms with Gasteiger partial charge in [0.15, 0.2) is 0 Å². The van der Waals surface area contributed by atoms with Gasteiger partial charge in [0.05, 0.1) is 7.11 Å². The van der Waals surface area contributed by atoms with Crippen LogP contribution in [0.1, 0.15) is 18.1 Å². The van der Waals surface area contributed by atoms with Crippen molar-refractivity contribution in [1.82, 2.24) is 20.2 Å². The molecule has 0 saturated heterocycles. The smallest absolute Gasteiger partial charge is 0.336 e. The molecule has 0 saturated carbocycles. The van der Waals surface area contributed by atoms with Gasteiger partial charge in [-0.25, -0.2) is 4.79 Å². The van der Waals surface area contributed by atoms with Crippen LogP contribution < -0.4 is 10.4 Å². The van der Waals surface area contributed by atoms with Crippen molar-refractivity contribution >= 4 is 34.3 Å². The molecule has 0 amide bonds. The van der Waals surface area contributed by atoms with Crippen LogP contribution in [-0.4, -0.2) is 27.3 Å². The number of methoxy groups -OCH3 is 1. The molecule has 7 nitrogen and oxygen atoms in total. The van der Waals surface area contributed by atoms with Crippen LogP contribution in [0.25, 0.3) is 16.7 Å². The van der Waals surface area contributed by atoms with Crippen LogP contribution in [-0.2, 0) is 12.2 Å². The highest BCUT2D eigenvalue weighted by Gasteiger charge is 2.15. The maximum atomic E-state index is 12.1. The number of thioether (sulfide) groups is 1. The zero-order valence-electron chi connectivity index (χ0n) is 15.8. The number of hydrogen-bond acceptors (Lipinski definition) is 7. The lowest BCUT2D eigenvalue weighted by atomic mass is 10.1. The lowest BCUT2D eigenvalue weighted by molar-refractivity contribution is 0.410. The lowest BCUT2D eigenvalue weighted by Crippen LogP contribution is -2.03. The summed E-state index contributed by atoms with van der Waals surface area (Å²) in [6, 6.07) is 12.6. The van der Waals surface area contributed by atoms with Crippen LogP contribution in [0.15, 0.2) is 56.8 Å². The minimum Gasteiger partial charge on any atom is -0.494 e. The van der Waals surface area contributed by atoms with E-state index in [1.54, 1.807) is 11.8 Å². The molecule has 0 atom stereocenters. The number of aromatic nitrogens is 4. The summed E-state index contributed by atoms with van der Waals surface area (Å²) >= 11 is 7.78. The van der Waals surface area contributed by atoms with Gasteiger partial charge >= 0.3 is 5.63 Å². The third kappa shape index (κ3) is 3.86. The molecule has 4 rings (SSSR count). The van der Waals surface area contributed by atoms with Crippen LogP contribution in [0, 0.1) is 0 Å². The van der Waals surface area contributed by atoms with Crippen molar-refractivity contribution in [3.8, 4) is 11.4 Å². The summed E-state index contributed by atoms with van der Waals surface area (Å²) in [5, 5.41) is 14.0. The molecule has 2 heterocycles. The summed E-state index contributed by atoms with van der Waals surface area (Å²) in [5.74, 6) is 1.13. The standard InChI is InChI=1S/C20H17ClN4O3S/c1-3-12-8-18-14(10-15(12)21)13(9-19(26)28-18)11-29-20-22-23-24-25(20)16-6-4-5-7-17(16)27-2/h4-10H,3,11H2,1-2H3. The van der Waals surface area contributed by atoms with Gasteiger partial charge in [-0.2, -0.15) is 4.68 Å². The summed E-state index contributed by atoms with van der Waals surface area (Å²) in [6.07, 6.45) is 0.755. The molecule has 0 aliphatic rings. The Kier molecular flexibility index (Phi) is 5.55. The third-order valence-electron chi connectivity index (χ3n) is 4.49. The fraction of sp³-hybridized carbons (Fsp3) is 0.200. The second-order valence-electron chi connectivity index (χ2n) is 6.22. The Labute approximate surface area is 175 Å². The van der Waals surface area contributed by atoms with Gasteiger partial charge in [0, 0.05) is 22.2 Å². The van der Waals surface area contributed by atoms with E-state index in [1.807, 2.05) is 43.3 Å². The molecule has 2 aromatic carbocycles. The highest BCUT2D eigenvalue weighted by Crippen LogP contribution is 2.31. The zero-order chi connectivity index (χ0) is 20.4. The van der Waals surface area contributed by atoms with E-state index in [1.165, 1.54) is 17.8 Å². The van der Waals surface area contributed by atoms with E-state index < -0.39 is 5.63 Å². The number of para-hydroxylation sites is 2. The number of aryl methyl sites for hydroxylation is 1. The van der Waals surface area contributed by atoms with Crippen LogP contribution in [0.2, 0.25) is 5.02 Å². The minimum atomic E-state index is -0.401. The SMILES string of the molecule is CCc1cc2oc(=O)cc(CSc3nnnn3-c3ccccc3OC)c2cc1Cl. The molecule has 148 valence electrons. The summed E-state index contributed by atoms with van der Waals surface area (Å²) in [7, 11) is 1.60. The summed E-state index contributed by atoms with van der Waals surface area (Å²) < 4.78 is 12.4. The van der Waals surface area contributed by atoms with Gasteiger partial charge in [0.1, 0.15) is 17.0 Å². The Bertz CT molecular complexity index is 1240. The predicted molar refractivity (Wildman–Crippen MR) is 112 cm³/mol. The molecule has 0 aliphatic heterocycles. The maximum Gasteiger partial charge on any atom is 0.336 e. The number of hydrogen-bond donors (Lipinski definition) is 0. The van der Waals surface area contributed by atoms with E-state index in [9.17, 15) is 4.79 Å². The highest BCUT2D eigenvalue weighted by molar-refractivity contribution is 7.98. The number of benzene rings is 2. The van der Waals surface area contributed by atoms with Crippen LogP contribution >= 0.6 is 23.4 Å². The van der Waals surface area contributed by atoms with Crippen molar-refractivity contribution in [2.45, 2.75) is 24.3 Å². The molecule has 29 heavy (non-hydrogen) atoms. The van der Waals surface area contributed by atoms with Gasteiger partial charge in [0.2, 0.25) is 5.16 Å². The molecule has 0 radical (unpaired) electrons. The predicted octanol–water partition coefficient (Wildman–Crippen LogP) is 4.29. The molecular weight excluding hydrogens is 412 g/mol. The number of ether oxygens (including phenoxy) is 1. The first-order valence-electron chi connectivity index (χ1n) is 8.90. The second-order valence-corrected chi connectivity index (χ2v) is 7.57. The van der Waals surface area contributed by atoms with Crippen LogP contribution in [0.4, 0.5) is 0 Å². The first kappa shape index (κ1) is 19.5. The second kappa shape index (κ2) is 8.26. The number of tetrazole rings is 1. The molecular formula is C20H17ClN4O3S. The Morgan fingerprint density at radius 3 is 2.83 bits per heavy atom. The molecule has 0 N–H and O–H groups in total. The molecule has 2 aromatic heterocycles. The highest BCUT2D eigenvalue weighted by atomic mass is 35.5. The van der Waals surface area contributed by atoms with Crippen molar-refractivity contribution in [3.05, 3.63) is 69.0 Å². The van der Waals surface area contributed by atoms with Gasteiger partial charge in [-0.1, -0.05) is 42.4 Å². The maximum absolute atomic E-state index is 12.1. The van der Waals surface area contributed by atoms with Gasteiger partial charge in [-0.05, 0) is 52.2 Å². The monoisotopic (exact) mass is 428 g/mol. The zero-order valence-corrected chi connectivity index (χ0v) is 17.3. The fourth-order valence-corrected chi connectivity index (χ4v) is 4.22. The van der Waals surface area contributed by atoms with Crippen molar-refractivity contribution in [2.75, 3.05) is 7.11 Å². The Hall–Kier alpha value is -2.84. The number of nitrogens with zero attached hydrogens (tertiary/aromatic N) is 4. The van der Waals surface area contributed by atoms with Crippen molar-refractivity contribution in [1.29, 1.82) is 0 Å². The Morgan fingerprint density at radius 2 is 2.03 bits per heavy atom. The Morgan fingerprint density at radius 1 is 1.21 bits per heavy atom. The number of fused-ring (bicyclic) bond motifs is 1. The van der Waals surface area contributed by atoms with Gasteiger partial charge in [-0.3, -0.25) is 0 Å². The minimum absolute atomic E-state index is 0.401. The molecule has 0 bridgehead atoms. The van der Waals surface area contributed by atoms with Crippen molar-refractivity contribution in [2.24, 2.45) is 0 Å². The van der Waals surface area contributed by atoms with Crippen molar-refractivity contribution in [3.63, 3.8) is 0 Å². The summed E-state index contributed by atoms with van der Waals surface area (Å²) in [6.45, 7) is 2.00. The molecule has 9 heteroatoms. The number of halogens is 1. The average Bonchev–Trinajstić information content (AvgIpc) is 3.20. The molecule has 4 aromatic rings. The molecule has 0 spiro atoms. The van der Waals surface area contributed by atoms with E-state index in [4.69, 9.17) is 20.8 Å². The van der Waals surface area contributed by atoms with E-state index in [-0.39, 0.29) is 0 Å². The largest absolute Gasteiger partial charge is 0.494 e. The van der Waals surface area contributed by atoms with E-state index in [2.05, 4.69) is 15.5 Å². The Balaban J connectivity index is 1.69. The van der Waals surface area contributed by atoms with Gasteiger partial charge < -0.3 is 9.15 Å².